The molecule has 0 saturated heterocycles. The summed E-state index contributed by atoms with van der Waals surface area (Å²) < 4.78 is 7.44. The highest BCUT2D eigenvalue weighted by molar-refractivity contribution is 5.79. The van der Waals surface area contributed by atoms with Crippen LogP contribution in [0.25, 0.3) is 0 Å². The second-order valence-electron chi connectivity index (χ2n) is 5.47. The first-order chi connectivity index (χ1) is 11.2. The molecule has 0 bridgehead atoms. The molecule has 0 amide bonds. The van der Waals surface area contributed by atoms with Crippen LogP contribution in [0.1, 0.15) is 43.4 Å². The monoisotopic (exact) mass is 317 g/mol. The fraction of sp³-hybridized carbons (Fsp3) is 0.529. The summed E-state index contributed by atoms with van der Waals surface area (Å²) >= 11 is 0. The third-order valence-corrected chi connectivity index (χ3v) is 3.70. The molecule has 0 aliphatic heterocycles. The van der Waals surface area contributed by atoms with Crippen molar-refractivity contribution in [1.82, 2.24) is 20.4 Å². The van der Waals surface area contributed by atoms with E-state index in [2.05, 4.69) is 53.8 Å². The van der Waals surface area contributed by atoms with E-state index in [0.717, 1.165) is 42.4 Å². The molecular weight excluding hydrogens is 290 g/mol. The minimum absolute atomic E-state index is 0.654. The average Bonchev–Trinajstić information content (AvgIpc) is 3.15. The molecular formula is C17H27N5O. The lowest BCUT2D eigenvalue weighted by Crippen LogP contribution is -2.37. The summed E-state index contributed by atoms with van der Waals surface area (Å²) in [6.45, 7) is 8.39. The molecule has 0 atom stereocenters. The van der Waals surface area contributed by atoms with E-state index in [0.29, 0.717) is 13.1 Å². The van der Waals surface area contributed by atoms with Gasteiger partial charge in [-0.3, -0.25) is 0 Å². The van der Waals surface area contributed by atoms with Gasteiger partial charge in [0, 0.05) is 44.5 Å². The van der Waals surface area contributed by atoms with E-state index in [-0.39, 0.29) is 0 Å². The summed E-state index contributed by atoms with van der Waals surface area (Å²) in [6, 6.07) is 2.08. The fourth-order valence-electron chi connectivity index (χ4n) is 2.48. The van der Waals surface area contributed by atoms with Crippen LogP contribution in [0.5, 0.6) is 0 Å². The smallest absolute Gasteiger partial charge is 0.191 e. The summed E-state index contributed by atoms with van der Waals surface area (Å²) in [5.74, 6) is 1.76. The Labute approximate surface area is 138 Å². The Morgan fingerprint density at radius 2 is 2.09 bits per heavy atom. The van der Waals surface area contributed by atoms with Crippen molar-refractivity contribution in [3.05, 3.63) is 41.0 Å². The standard InChI is InChI=1S/C17H27N5O/c1-5-15-14(16(6-2)23-21-15)11-20-17(18-7-3)19-10-13-8-9-22(4)12-13/h8-9,12H,5-7,10-11H2,1-4H3,(H2,18,19,20). The quantitative estimate of drug-likeness (QED) is 0.608. The van der Waals surface area contributed by atoms with Crippen LogP contribution in [-0.4, -0.2) is 22.2 Å². The minimum atomic E-state index is 0.654. The number of hydrogen-bond acceptors (Lipinski definition) is 3. The van der Waals surface area contributed by atoms with E-state index in [1.165, 1.54) is 5.56 Å². The summed E-state index contributed by atoms with van der Waals surface area (Å²) in [5, 5.41) is 10.8. The highest BCUT2D eigenvalue weighted by Gasteiger charge is 2.13. The zero-order chi connectivity index (χ0) is 16.7. The Morgan fingerprint density at radius 3 is 2.70 bits per heavy atom. The second kappa shape index (κ2) is 8.41. The molecule has 0 fully saturated rings. The van der Waals surface area contributed by atoms with Gasteiger partial charge in [-0.15, -0.1) is 0 Å². The van der Waals surface area contributed by atoms with Crippen molar-refractivity contribution >= 4 is 5.96 Å². The Kier molecular flexibility index (Phi) is 6.26. The molecule has 0 radical (unpaired) electrons. The van der Waals surface area contributed by atoms with Crippen LogP contribution in [0.4, 0.5) is 0 Å². The average molecular weight is 317 g/mol. The molecule has 2 aromatic rings. The SMILES string of the molecule is CCNC(=NCc1ccn(C)c1)NCc1c(CC)noc1CC. The third kappa shape index (κ3) is 4.61. The maximum Gasteiger partial charge on any atom is 0.191 e. The van der Waals surface area contributed by atoms with Crippen molar-refractivity contribution in [3.8, 4) is 0 Å². The Balaban J connectivity index is 2.03. The molecule has 2 aromatic heterocycles. The fourth-order valence-corrected chi connectivity index (χ4v) is 2.48. The number of guanidine groups is 1. The number of rotatable bonds is 7. The van der Waals surface area contributed by atoms with Crippen LogP contribution < -0.4 is 10.6 Å². The lowest BCUT2D eigenvalue weighted by atomic mass is 10.1. The van der Waals surface area contributed by atoms with E-state index in [1.807, 2.05) is 17.8 Å². The highest BCUT2D eigenvalue weighted by atomic mass is 16.5. The molecule has 0 spiro atoms. The van der Waals surface area contributed by atoms with E-state index >= 15 is 0 Å². The molecule has 2 heterocycles. The maximum atomic E-state index is 5.41. The van der Waals surface area contributed by atoms with Gasteiger partial charge in [0.2, 0.25) is 0 Å². The van der Waals surface area contributed by atoms with E-state index in [4.69, 9.17) is 4.52 Å². The Hall–Kier alpha value is -2.24. The van der Waals surface area contributed by atoms with E-state index < -0.39 is 0 Å². The first-order valence-corrected chi connectivity index (χ1v) is 8.27. The first kappa shape index (κ1) is 17.1. The third-order valence-electron chi connectivity index (χ3n) is 3.70. The number of aryl methyl sites for hydroxylation is 3. The molecule has 6 nitrogen and oxygen atoms in total. The van der Waals surface area contributed by atoms with Crippen LogP contribution in [0.3, 0.4) is 0 Å². The minimum Gasteiger partial charge on any atom is -0.361 e. The van der Waals surface area contributed by atoms with Gasteiger partial charge in [0.25, 0.3) is 0 Å². The summed E-state index contributed by atoms with van der Waals surface area (Å²) in [5.41, 5.74) is 3.37. The second-order valence-corrected chi connectivity index (χ2v) is 5.47. The first-order valence-electron chi connectivity index (χ1n) is 8.27. The van der Waals surface area contributed by atoms with Crippen LogP contribution in [-0.2, 0) is 33.0 Å². The molecule has 23 heavy (non-hydrogen) atoms. The predicted molar refractivity (Wildman–Crippen MR) is 92.3 cm³/mol. The number of aromatic nitrogens is 2. The number of aliphatic imine (C=N–C) groups is 1. The van der Waals surface area contributed by atoms with Gasteiger partial charge in [0.15, 0.2) is 5.96 Å². The lowest BCUT2D eigenvalue weighted by Gasteiger charge is -2.11. The summed E-state index contributed by atoms with van der Waals surface area (Å²) in [4.78, 5) is 4.64. The van der Waals surface area contributed by atoms with Crippen molar-refractivity contribution in [1.29, 1.82) is 0 Å². The zero-order valence-electron chi connectivity index (χ0n) is 14.5. The van der Waals surface area contributed by atoms with E-state index in [1.54, 1.807) is 0 Å². The number of nitrogens with zero attached hydrogens (tertiary/aromatic N) is 3. The molecule has 126 valence electrons. The molecule has 0 unspecified atom stereocenters. The lowest BCUT2D eigenvalue weighted by molar-refractivity contribution is 0.380. The van der Waals surface area contributed by atoms with Crippen molar-refractivity contribution in [3.63, 3.8) is 0 Å². The predicted octanol–water partition coefficient (Wildman–Crippen LogP) is 2.39. The van der Waals surface area contributed by atoms with E-state index in [9.17, 15) is 0 Å². The van der Waals surface area contributed by atoms with Gasteiger partial charge >= 0.3 is 0 Å². The van der Waals surface area contributed by atoms with Crippen molar-refractivity contribution in [2.24, 2.45) is 12.0 Å². The van der Waals surface area contributed by atoms with Gasteiger partial charge in [-0.05, 0) is 25.0 Å². The Bertz CT molecular complexity index is 620. The summed E-state index contributed by atoms with van der Waals surface area (Å²) in [6.07, 6.45) is 5.83. The number of hydrogen-bond donors (Lipinski definition) is 2. The topological polar surface area (TPSA) is 67.4 Å². The van der Waals surface area contributed by atoms with Gasteiger partial charge in [-0.25, -0.2) is 4.99 Å². The molecule has 0 saturated carbocycles. The van der Waals surface area contributed by atoms with Crippen molar-refractivity contribution < 1.29 is 4.52 Å². The van der Waals surface area contributed by atoms with Gasteiger partial charge in [-0.2, -0.15) is 0 Å². The maximum absolute atomic E-state index is 5.41. The van der Waals surface area contributed by atoms with Gasteiger partial charge in [-0.1, -0.05) is 19.0 Å². The molecule has 0 aliphatic rings. The highest BCUT2D eigenvalue weighted by Crippen LogP contribution is 2.15. The van der Waals surface area contributed by atoms with Crippen LogP contribution >= 0.6 is 0 Å². The van der Waals surface area contributed by atoms with Crippen LogP contribution in [0.2, 0.25) is 0 Å². The number of nitrogens with one attached hydrogen (secondary N) is 2. The molecule has 6 heteroatoms. The normalized spacial score (nSPS) is 11.7. The van der Waals surface area contributed by atoms with Crippen molar-refractivity contribution in [2.75, 3.05) is 6.54 Å². The van der Waals surface area contributed by atoms with Gasteiger partial charge in [0.1, 0.15) is 5.76 Å². The summed E-state index contributed by atoms with van der Waals surface area (Å²) in [7, 11) is 2.02. The molecule has 0 aliphatic carbocycles. The molecule has 2 N–H and O–H groups in total. The molecule has 0 aromatic carbocycles. The van der Waals surface area contributed by atoms with Crippen LogP contribution in [0.15, 0.2) is 28.0 Å². The zero-order valence-corrected chi connectivity index (χ0v) is 14.5. The molecule has 2 rings (SSSR count). The van der Waals surface area contributed by atoms with Gasteiger partial charge < -0.3 is 19.7 Å². The van der Waals surface area contributed by atoms with Crippen molar-refractivity contribution in [2.45, 2.75) is 46.7 Å². The van der Waals surface area contributed by atoms with Crippen LogP contribution in [0, 0.1) is 0 Å². The van der Waals surface area contributed by atoms with Gasteiger partial charge in [0.05, 0.1) is 12.2 Å². The largest absolute Gasteiger partial charge is 0.361 e. The Morgan fingerprint density at radius 1 is 1.26 bits per heavy atom.